The second-order valence-electron chi connectivity index (χ2n) is 5.85. The Morgan fingerprint density at radius 3 is 2.95 bits per heavy atom. The van der Waals surface area contributed by atoms with Gasteiger partial charge in [-0.25, -0.2) is 0 Å². The number of piperazine rings is 1. The molecule has 2 aliphatic rings. The van der Waals surface area contributed by atoms with Crippen LogP contribution in [0.3, 0.4) is 0 Å². The van der Waals surface area contributed by atoms with Crippen LogP contribution in [0.5, 0.6) is 0 Å². The molecule has 2 unspecified atom stereocenters. The van der Waals surface area contributed by atoms with Crippen molar-refractivity contribution in [3.8, 4) is 0 Å². The molecule has 1 aromatic rings. The van der Waals surface area contributed by atoms with Gasteiger partial charge in [0, 0.05) is 37.4 Å². The molecule has 0 amide bonds. The normalized spacial score (nSPS) is 25.4. The lowest BCUT2D eigenvalue weighted by molar-refractivity contribution is 0.230. The molecule has 0 saturated carbocycles. The van der Waals surface area contributed by atoms with E-state index in [4.69, 9.17) is 5.73 Å². The summed E-state index contributed by atoms with van der Waals surface area (Å²) in [4.78, 5) is 5.20. The van der Waals surface area contributed by atoms with E-state index in [-0.39, 0.29) is 6.04 Å². The van der Waals surface area contributed by atoms with Crippen molar-refractivity contribution < 1.29 is 0 Å². The van der Waals surface area contributed by atoms with E-state index in [0.29, 0.717) is 0 Å². The van der Waals surface area contributed by atoms with Gasteiger partial charge in [0.25, 0.3) is 0 Å². The molecule has 1 aromatic carbocycles. The first-order valence-electron chi connectivity index (χ1n) is 7.63. The average Bonchev–Trinajstić information content (AvgIpc) is 2.93. The largest absolute Gasteiger partial charge is 0.368 e. The van der Waals surface area contributed by atoms with Crippen LogP contribution in [0.2, 0.25) is 0 Å². The zero-order chi connectivity index (χ0) is 13.2. The minimum Gasteiger partial charge on any atom is -0.368 e. The van der Waals surface area contributed by atoms with E-state index in [2.05, 4.69) is 41.0 Å². The molecule has 0 aromatic heterocycles. The Labute approximate surface area is 116 Å². The number of para-hydroxylation sites is 1. The van der Waals surface area contributed by atoms with Crippen molar-refractivity contribution in [2.75, 3.05) is 31.1 Å². The molecule has 0 bridgehead atoms. The quantitative estimate of drug-likeness (QED) is 0.904. The van der Waals surface area contributed by atoms with Crippen molar-refractivity contribution in [2.45, 2.75) is 38.3 Å². The summed E-state index contributed by atoms with van der Waals surface area (Å²) in [7, 11) is 0. The lowest BCUT2D eigenvalue weighted by Gasteiger charge is -2.40. The number of fused-ring (bicyclic) bond motifs is 1. The summed E-state index contributed by atoms with van der Waals surface area (Å²) in [5.41, 5.74) is 8.95. The maximum absolute atomic E-state index is 6.27. The molecular formula is C16H25N3. The third kappa shape index (κ3) is 2.49. The monoisotopic (exact) mass is 259 g/mol. The first-order chi connectivity index (χ1) is 9.29. The second-order valence-corrected chi connectivity index (χ2v) is 5.85. The smallest absolute Gasteiger partial charge is 0.0415 e. The first-order valence-corrected chi connectivity index (χ1v) is 7.63. The van der Waals surface area contributed by atoms with Gasteiger partial charge in [0.05, 0.1) is 0 Å². The zero-order valence-corrected chi connectivity index (χ0v) is 11.9. The number of nitrogens with zero attached hydrogens (tertiary/aromatic N) is 2. The lowest BCUT2D eigenvalue weighted by atomic mass is 10.0. The molecule has 19 heavy (non-hydrogen) atoms. The Bertz CT molecular complexity index is 432. The predicted octanol–water partition coefficient (Wildman–Crippen LogP) is 2.38. The maximum atomic E-state index is 6.27. The van der Waals surface area contributed by atoms with E-state index < -0.39 is 0 Å². The van der Waals surface area contributed by atoms with Crippen LogP contribution in [0.1, 0.15) is 37.8 Å². The van der Waals surface area contributed by atoms with Crippen LogP contribution >= 0.6 is 0 Å². The number of nitrogens with two attached hydrogens (primary N) is 1. The van der Waals surface area contributed by atoms with Crippen molar-refractivity contribution in [2.24, 2.45) is 5.73 Å². The van der Waals surface area contributed by atoms with Gasteiger partial charge in [-0.15, -0.1) is 0 Å². The molecular weight excluding hydrogens is 234 g/mol. The van der Waals surface area contributed by atoms with Gasteiger partial charge in [0.1, 0.15) is 0 Å². The molecule has 3 nitrogen and oxygen atoms in total. The van der Waals surface area contributed by atoms with Gasteiger partial charge >= 0.3 is 0 Å². The molecule has 2 saturated heterocycles. The van der Waals surface area contributed by atoms with Crippen LogP contribution in [0, 0.1) is 0 Å². The van der Waals surface area contributed by atoms with Crippen molar-refractivity contribution >= 4 is 5.69 Å². The Hall–Kier alpha value is -1.06. The fraction of sp³-hybridized carbons (Fsp3) is 0.625. The van der Waals surface area contributed by atoms with E-state index in [1.54, 1.807) is 0 Å². The van der Waals surface area contributed by atoms with E-state index in [9.17, 15) is 0 Å². The molecule has 0 aliphatic carbocycles. The van der Waals surface area contributed by atoms with Crippen LogP contribution in [-0.4, -0.2) is 37.1 Å². The summed E-state index contributed by atoms with van der Waals surface area (Å²) in [6.07, 6.45) is 3.73. The highest BCUT2D eigenvalue weighted by atomic mass is 15.3. The molecule has 0 radical (unpaired) electrons. The molecule has 2 heterocycles. The van der Waals surface area contributed by atoms with Crippen molar-refractivity contribution in [3.63, 3.8) is 0 Å². The van der Waals surface area contributed by atoms with Crippen LogP contribution < -0.4 is 10.6 Å². The maximum Gasteiger partial charge on any atom is 0.0415 e. The van der Waals surface area contributed by atoms with Crippen molar-refractivity contribution in [1.29, 1.82) is 0 Å². The SMILES string of the molecule is CCC(N)c1ccccc1N1CCN2CCCC2C1. The topological polar surface area (TPSA) is 32.5 Å². The summed E-state index contributed by atoms with van der Waals surface area (Å²) in [6.45, 7) is 6.99. The fourth-order valence-electron chi connectivity index (χ4n) is 3.52. The standard InChI is InChI=1S/C16H25N3/c1-2-15(17)14-7-3-4-8-16(14)19-11-10-18-9-5-6-13(18)12-19/h3-4,7-8,13,15H,2,5-6,9-12,17H2,1H3. The Balaban J connectivity index is 1.82. The third-order valence-electron chi connectivity index (χ3n) is 4.70. The van der Waals surface area contributed by atoms with Gasteiger partial charge in [-0.1, -0.05) is 25.1 Å². The second kappa shape index (κ2) is 5.51. The molecule has 104 valence electrons. The average molecular weight is 259 g/mol. The van der Waals surface area contributed by atoms with E-state index in [0.717, 1.165) is 19.0 Å². The highest BCUT2D eigenvalue weighted by molar-refractivity contribution is 5.55. The van der Waals surface area contributed by atoms with Crippen LogP contribution in [0.25, 0.3) is 0 Å². The number of benzene rings is 1. The first kappa shape index (κ1) is 12.9. The number of anilines is 1. The third-order valence-corrected chi connectivity index (χ3v) is 4.70. The summed E-state index contributed by atoms with van der Waals surface area (Å²) in [5.74, 6) is 0. The van der Waals surface area contributed by atoms with E-state index in [1.807, 2.05) is 0 Å². The summed E-state index contributed by atoms with van der Waals surface area (Å²) in [5, 5.41) is 0. The minimum absolute atomic E-state index is 0.165. The Morgan fingerprint density at radius 2 is 2.11 bits per heavy atom. The lowest BCUT2D eigenvalue weighted by Crippen LogP contribution is -2.50. The number of rotatable bonds is 3. The van der Waals surface area contributed by atoms with Gasteiger partial charge in [-0.3, -0.25) is 4.90 Å². The number of hydrogen-bond donors (Lipinski definition) is 1. The molecule has 2 atom stereocenters. The van der Waals surface area contributed by atoms with Gasteiger partial charge in [-0.05, 0) is 37.4 Å². The van der Waals surface area contributed by atoms with E-state index >= 15 is 0 Å². The summed E-state index contributed by atoms with van der Waals surface area (Å²) < 4.78 is 0. The molecule has 3 rings (SSSR count). The predicted molar refractivity (Wildman–Crippen MR) is 80.5 cm³/mol. The van der Waals surface area contributed by atoms with Crippen molar-refractivity contribution in [1.82, 2.24) is 4.90 Å². The highest BCUT2D eigenvalue weighted by Gasteiger charge is 2.31. The van der Waals surface area contributed by atoms with Crippen LogP contribution in [-0.2, 0) is 0 Å². The molecule has 2 fully saturated rings. The molecule has 2 N–H and O–H groups in total. The van der Waals surface area contributed by atoms with Crippen molar-refractivity contribution in [3.05, 3.63) is 29.8 Å². The fourth-order valence-corrected chi connectivity index (χ4v) is 3.52. The minimum atomic E-state index is 0.165. The van der Waals surface area contributed by atoms with Crippen LogP contribution in [0.4, 0.5) is 5.69 Å². The molecule has 2 aliphatic heterocycles. The molecule has 3 heteroatoms. The number of hydrogen-bond acceptors (Lipinski definition) is 3. The van der Waals surface area contributed by atoms with Gasteiger partial charge in [0.2, 0.25) is 0 Å². The van der Waals surface area contributed by atoms with E-state index in [1.165, 1.54) is 43.7 Å². The highest BCUT2D eigenvalue weighted by Crippen LogP contribution is 2.30. The summed E-state index contributed by atoms with van der Waals surface area (Å²) >= 11 is 0. The van der Waals surface area contributed by atoms with Gasteiger partial charge in [-0.2, -0.15) is 0 Å². The van der Waals surface area contributed by atoms with Gasteiger partial charge < -0.3 is 10.6 Å². The Kier molecular flexibility index (Phi) is 3.76. The zero-order valence-electron chi connectivity index (χ0n) is 11.9. The molecule has 0 spiro atoms. The Morgan fingerprint density at radius 1 is 1.26 bits per heavy atom. The van der Waals surface area contributed by atoms with Crippen LogP contribution in [0.15, 0.2) is 24.3 Å². The summed E-state index contributed by atoms with van der Waals surface area (Å²) in [6, 6.07) is 9.63. The van der Waals surface area contributed by atoms with Gasteiger partial charge in [0.15, 0.2) is 0 Å².